The van der Waals surface area contributed by atoms with Gasteiger partial charge in [0.2, 0.25) is 5.54 Å². The average Bonchev–Trinajstić information content (AvgIpc) is 2.90. The van der Waals surface area contributed by atoms with Crippen LogP contribution in [-0.4, -0.2) is 37.6 Å². The summed E-state index contributed by atoms with van der Waals surface area (Å²) in [7, 11) is 0. The van der Waals surface area contributed by atoms with Gasteiger partial charge in [-0.05, 0) is 31.5 Å². The molecule has 1 atom stereocenters. The van der Waals surface area contributed by atoms with Gasteiger partial charge in [0.1, 0.15) is 0 Å². The van der Waals surface area contributed by atoms with E-state index in [4.69, 9.17) is 16.3 Å². The molecule has 4 amide bonds. The smallest absolute Gasteiger partial charge is 0.323 e. The number of hydrogen-bond donors (Lipinski definition) is 2. The first-order valence-corrected chi connectivity index (χ1v) is 7.63. The van der Waals surface area contributed by atoms with Crippen molar-refractivity contribution in [1.82, 2.24) is 10.6 Å². The zero-order valence-electron chi connectivity index (χ0n) is 12.7. The molecule has 1 fully saturated rings. The maximum Gasteiger partial charge on any atom is 0.323 e. The average molecular weight is 338 g/mol. The first kappa shape index (κ1) is 15.8. The van der Waals surface area contributed by atoms with Gasteiger partial charge in [-0.1, -0.05) is 11.6 Å². The second-order valence-corrected chi connectivity index (χ2v) is 5.87. The molecule has 1 aromatic carbocycles. The number of anilines is 1. The van der Waals surface area contributed by atoms with Crippen molar-refractivity contribution < 1.29 is 19.1 Å². The molecule has 0 saturated carbocycles. The van der Waals surface area contributed by atoms with E-state index in [9.17, 15) is 14.4 Å². The fraction of sp³-hybridized carbons (Fsp3) is 0.400. The number of amides is 4. The van der Waals surface area contributed by atoms with Gasteiger partial charge in [0.15, 0.2) is 0 Å². The van der Waals surface area contributed by atoms with Crippen molar-refractivity contribution in [3.8, 4) is 0 Å². The highest BCUT2D eigenvalue weighted by molar-refractivity contribution is 6.32. The number of ether oxygens (including phenoxy) is 1. The fourth-order valence-corrected chi connectivity index (χ4v) is 3.38. The lowest BCUT2D eigenvalue weighted by atomic mass is 9.90. The lowest BCUT2D eigenvalue weighted by Crippen LogP contribution is -2.52. The fourth-order valence-electron chi connectivity index (χ4n) is 3.11. The first-order valence-electron chi connectivity index (χ1n) is 7.25. The molecule has 1 spiro atoms. The third-order valence-corrected chi connectivity index (χ3v) is 4.26. The lowest BCUT2D eigenvalue weighted by molar-refractivity contribution is -0.134. The van der Waals surface area contributed by atoms with Gasteiger partial charge in [-0.15, -0.1) is 0 Å². The second kappa shape index (κ2) is 5.50. The third-order valence-electron chi connectivity index (χ3n) is 4.04. The summed E-state index contributed by atoms with van der Waals surface area (Å²) in [6, 6.07) is 2.57. The van der Waals surface area contributed by atoms with Crippen LogP contribution < -0.4 is 15.5 Å². The second-order valence-electron chi connectivity index (χ2n) is 5.43. The molecule has 2 N–H and O–H groups in total. The van der Waals surface area contributed by atoms with Crippen LogP contribution >= 0.6 is 11.6 Å². The van der Waals surface area contributed by atoms with Crippen LogP contribution in [0.5, 0.6) is 0 Å². The molecule has 0 radical (unpaired) electrons. The molecular weight excluding hydrogens is 322 g/mol. The molecule has 122 valence electrons. The number of aryl methyl sites for hydroxylation is 1. The topological polar surface area (TPSA) is 87.7 Å². The van der Waals surface area contributed by atoms with Crippen LogP contribution in [0.25, 0.3) is 0 Å². The molecule has 1 saturated heterocycles. The predicted molar refractivity (Wildman–Crippen MR) is 83.4 cm³/mol. The summed E-state index contributed by atoms with van der Waals surface area (Å²) in [6.07, 6.45) is 0. The summed E-state index contributed by atoms with van der Waals surface area (Å²) in [5, 5.41) is 5.00. The Bertz CT molecular complexity index is 721. The molecule has 0 bridgehead atoms. The standard InChI is InChI=1S/C15H16ClN3O4/c1-3-23-5-4-19-11-8(2)6-9(16)7-10(11)15(13(19)21)12(20)17-14(22)18-15/h6-7H,3-5H2,1-2H3,(H2,17,18,20,22). The summed E-state index contributed by atoms with van der Waals surface area (Å²) in [6.45, 7) is 4.80. The molecule has 0 aliphatic carbocycles. The third kappa shape index (κ3) is 2.19. The van der Waals surface area contributed by atoms with Crippen molar-refractivity contribution in [1.29, 1.82) is 0 Å². The molecule has 7 nitrogen and oxygen atoms in total. The van der Waals surface area contributed by atoms with Crippen molar-refractivity contribution >= 4 is 35.1 Å². The summed E-state index contributed by atoms with van der Waals surface area (Å²) in [5.41, 5.74) is 0.000794. The Kier molecular flexibility index (Phi) is 3.77. The molecule has 1 aromatic rings. The van der Waals surface area contributed by atoms with Crippen LogP contribution in [0.2, 0.25) is 5.02 Å². The minimum Gasteiger partial charge on any atom is -0.380 e. The number of urea groups is 1. The zero-order chi connectivity index (χ0) is 16.8. The van der Waals surface area contributed by atoms with Gasteiger partial charge in [-0.3, -0.25) is 14.9 Å². The van der Waals surface area contributed by atoms with Crippen molar-refractivity contribution in [3.05, 3.63) is 28.3 Å². The van der Waals surface area contributed by atoms with E-state index in [-0.39, 0.29) is 6.54 Å². The zero-order valence-corrected chi connectivity index (χ0v) is 13.5. The number of hydrogen-bond acceptors (Lipinski definition) is 4. The quantitative estimate of drug-likeness (QED) is 0.488. The summed E-state index contributed by atoms with van der Waals surface area (Å²) < 4.78 is 5.31. The van der Waals surface area contributed by atoms with Gasteiger partial charge in [0.05, 0.1) is 12.3 Å². The van der Waals surface area contributed by atoms with Crippen molar-refractivity contribution in [2.24, 2.45) is 0 Å². The number of benzene rings is 1. The monoisotopic (exact) mass is 337 g/mol. The Morgan fingerprint density at radius 3 is 2.65 bits per heavy atom. The van der Waals surface area contributed by atoms with E-state index in [1.807, 2.05) is 6.92 Å². The van der Waals surface area contributed by atoms with Gasteiger partial charge in [0.25, 0.3) is 11.8 Å². The Labute approximate surface area is 137 Å². The van der Waals surface area contributed by atoms with Gasteiger partial charge < -0.3 is 15.0 Å². The van der Waals surface area contributed by atoms with Gasteiger partial charge in [-0.25, -0.2) is 4.79 Å². The van der Waals surface area contributed by atoms with E-state index < -0.39 is 23.4 Å². The van der Waals surface area contributed by atoms with E-state index in [0.717, 1.165) is 5.56 Å². The number of nitrogens with one attached hydrogen (secondary N) is 2. The van der Waals surface area contributed by atoms with Crippen LogP contribution in [0.4, 0.5) is 10.5 Å². The Hall–Kier alpha value is -2.12. The number of rotatable bonds is 4. The van der Waals surface area contributed by atoms with Crippen molar-refractivity contribution in [3.63, 3.8) is 0 Å². The SMILES string of the molecule is CCOCCN1C(=O)C2(NC(=O)NC2=O)c2cc(Cl)cc(C)c21. The maximum atomic E-state index is 13.0. The molecule has 0 aromatic heterocycles. The predicted octanol–water partition coefficient (Wildman–Crippen LogP) is 1.07. The molecule has 23 heavy (non-hydrogen) atoms. The molecule has 1 unspecified atom stereocenters. The first-order chi connectivity index (χ1) is 10.9. The number of halogens is 1. The Morgan fingerprint density at radius 1 is 1.30 bits per heavy atom. The van der Waals surface area contributed by atoms with Gasteiger partial charge in [-0.2, -0.15) is 0 Å². The molecule has 2 aliphatic heterocycles. The minimum absolute atomic E-state index is 0.285. The number of nitrogens with zero attached hydrogens (tertiary/aromatic N) is 1. The van der Waals surface area contributed by atoms with Gasteiger partial charge >= 0.3 is 6.03 Å². The van der Waals surface area contributed by atoms with Crippen molar-refractivity contribution in [2.45, 2.75) is 19.4 Å². The Balaban J connectivity index is 2.13. The van der Waals surface area contributed by atoms with Crippen LogP contribution in [0, 0.1) is 6.92 Å². The molecule has 3 rings (SSSR count). The van der Waals surface area contributed by atoms with Gasteiger partial charge in [0, 0.05) is 23.7 Å². The minimum atomic E-state index is -1.74. The summed E-state index contributed by atoms with van der Waals surface area (Å²) >= 11 is 6.10. The van der Waals surface area contributed by atoms with E-state index in [1.54, 1.807) is 19.1 Å². The van der Waals surface area contributed by atoms with Crippen LogP contribution in [0.15, 0.2) is 12.1 Å². The van der Waals surface area contributed by atoms with E-state index >= 15 is 0 Å². The molecule has 2 heterocycles. The largest absolute Gasteiger partial charge is 0.380 e. The van der Waals surface area contributed by atoms with Crippen LogP contribution in [0.3, 0.4) is 0 Å². The number of imide groups is 1. The molecular formula is C15H16ClN3O4. The van der Waals surface area contributed by atoms with Crippen molar-refractivity contribution in [2.75, 3.05) is 24.7 Å². The number of carbonyl (C=O) groups excluding carboxylic acids is 3. The normalized spacial score (nSPS) is 22.6. The number of fused-ring (bicyclic) bond motifs is 2. The van der Waals surface area contributed by atoms with E-state index in [1.165, 1.54) is 4.90 Å². The van der Waals surface area contributed by atoms with E-state index in [0.29, 0.717) is 29.5 Å². The Morgan fingerprint density at radius 2 is 2.04 bits per heavy atom. The summed E-state index contributed by atoms with van der Waals surface area (Å²) in [4.78, 5) is 38.4. The maximum absolute atomic E-state index is 13.0. The lowest BCUT2D eigenvalue weighted by Gasteiger charge is -2.21. The highest BCUT2D eigenvalue weighted by atomic mass is 35.5. The number of carbonyl (C=O) groups is 3. The highest BCUT2D eigenvalue weighted by Gasteiger charge is 2.61. The van der Waals surface area contributed by atoms with E-state index in [2.05, 4.69) is 10.6 Å². The highest BCUT2D eigenvalue weighted by Crippen LogP contribution is 2.45. The van der Waals surface area contributed by atoms with Crippen LogP contribution in [-0.2, 0) is 19.9 Å². The van der Waals surface area contributed by atoms with Crippen LogP contribution in [0.1, 0.15) is 18.1 Å². The summed E-state index contributed by atoms with van der Waals surface area (Å²) in [5.74, 6) is -1.18. The molecule has 2 aliphatic rings. The molecule has 8 heteroatoms.